The molecule has 3 heteroatoms. The zero-order chi connectivity index (χ0) is 6.69. The Hall–Kier alpha value is 0.370. The van der Waals surface area contributed by atoms with Crippen molar-refractivity contribution in [1.82, 2.24) is 0 Å². The monoisotopic (exact) mass is 164 g/mol. The molecule has 0 saturated carbocycles. The summed E-state index contributed by atoms with van der Waals surface area (Å²) in [5.74, 6) is 0.820. The van der Waals surface area contributed by atoms with E-state index in [1.54, 1.807) is 7.11 Å². The van der Waals surface area contributed by atoms with Gasteiger partial charge in [-0.3, -0.25) is 0 Å². The molecule has 0 aliphatic carbocycles. The van der Waals surface area contributed by atoms with E-state index in [0.29, 0.717) is 0 Å². The number of methoxy groups -OCH3 is 1. The van der Waals surface area contributed by atoms with Crippen LogP contribution in [0.5, 0.6) is 5.75 Å². The Morgan fingerprint density at radius 1 is 1.40 bits per heavy atom. The van der Waals surface area contributed by atoms with E-state index in [0.717, 1.165) is 10.6 Å². The van der Waals surface area contributed by atoms with E-state index in [1.807, 2.05) is 24.3 Å². The van der Waals surface area contributed by atoms with Crippen LogP contribution in [0, 0.1) is 0 Å². The topological polar surface area (TPSA) is 9.23 Å². The first-order valence-electron chi connectivity index (χ1n) is 2.66. The van der Waals surface area contributed by atoms with Crippen molar-refractivity contribution in [2.75, 3.05) is 7.11 Å². The summed E-state index contributed by atoms with van der Waals surface area (Å²) in [4.78, 5) is 0.875. The van der Waals surface area contributed by atoms with E-state index in [2.05, 4.69) is 12.6 Å². The molecule has 0 aliphatic rings. The van der Waals surface area contributed by atoms with Gasteiger partial charge < -0.3 is 6.16 Å². The molecule has 0 aliphatic heterocycles. The first-order chi connectivity index (χ1) is 4.34. The summed E-state index contributed by atoms with van der Waals surface area (Å²) in [5, 5.41) is 0. The first-order valence-corrected chi connectivity index (χ1v) is 3.11. The minimum atomic E-state index is 0. The molecular formula is C7H9NaOS. The number of hydrogen-bond donors (Lipinski definition) is 1. The van der Waals surface area contributed by atoms with Gasteiger partial charge in [0.1, 0.15) is 5.75 Å². The molecule has 1 nitrogen and oxygen atoms in total. The number of hydrogen-bond acceptors (Lipinski definition) is 2. The molecule has 0 saturated heterocycles. The van der Waals surface area contributed by atoms with E-state index in [4.69, 9.17) is 4.74 Å². The molecule has 1 aromatic rings. The molecule has 0 aromatic heterocycles. The van der Waals surface area contributed by atoms with E-state index < -0.39 is 0 Å². The summed E-state index contributed by atoms with van der Waals surface area (Å²) in [6.07, 6.45) is 0. The van der Waals surface area contributed by atoms with Crippen LogP contribution >= 0.6 is 12.6 Å². The quantitative estimate of drug-likeness (QED) is 0.418. The number of rotatable bonds is 1. The van der Waals surface area contributed by atoms with E-state index >= 15 is 0 Å². The Labute approximate surface area is 90.0 Å². The van der Waals surface area contributed by atoms with Gasteiger partial charge in [-0.15, -0.1) is 12.6 Å². The maximum Gasteiger partial charge on any atom is 1.00 e. The summed E-state index contributed by atoms with van der Waals surface area (Å²) in [7, 11) is 1.63. The number of benzene rings is 1. The van der Waals surface area contributed by atoms with Crippen LogP contribution < -0.4 is 34.3 Å². The average Bonchev–Trinajstić information content (AvgIpc) is 1.89. The van der Waals surface area contributed by atoms with Gasteiger partial charge in [-0.25, -0.2) is 0 Å². The predicted octanol–water partition coefficient (Wildman–Crippen LogP) is -0.900. The number of ether oxygens (including phenoxy) is 1. The van der Waals surface area contributed by atoms with Gasteiger partial charge in [-0.05, 0) is 12.1 Å². The van der Waals surface area contributed by atoms with Gasteiger partial charge in [0.25, 0.3) is 0 Å². The molecule has 0 atom stereocenters. The third-order valence-electron chi connectivity index (χ3n) is 1.09. The third-order valence-corrected chi connectivity index (χ3v) is 1.45. The van der Waals surface area contributed by atoms with Crippen LogP contribution in [-0.2, 0) is 0 Å². The maximum atomic E-state index is 4.97. The number of thiol groups is 1. The van der Waals surface area contributed by atoms with Gasteiger partial charge in [0.2, 0.25) is 0 Å². The smallest absolute Gasteiger partial charge is 1.00 e. The van der Waals surface area contributed by atoms with Gasteiger partial charge >= 0.3 is 29.6 Å². The summed E-state index contributed by atoms with van der Waals surface area (Å²) >= 11 is 4.15. The van der Waals surface area contributed by atoms with Gasteiger partial charge in [0.05, 0.1) is 7.11 Å². The molecular weight excluding hydrogens is 155 g/mol. The second-order valence-corrected chi connectivity index (χ2v) is 2.15. The van der Waals surface area contributed by atoms with Crippen molar-refractivity contribution in [2.45, 2.75) is 4.90 Å². The normalized spacial score (nSPS) is 8.20. The Bertz CT molecular complexity index is 207. The molecule has 1 rings (SSSR count). The van der Waals surface area contributed by atoms with Crippen molar-refractivity contribution in [3.8, 4) is 5.75 Å². The first kappa shape index (κ1) is 10.4. The van der Waals surface area contributed by atoms with E-state index in [1.165, 1.54) is 0 Å². The average molecular weight is 164 g/mol. The zero-order valence-corrected chi connectivity index (χ0v) is 9.06. The fourth-order valence-corrected chi connectivity index (χ4v) is 0.882. The molecule has 0 spiro atoms. The zero-order valence-electron chi connectivity index (χ0n) is 7.16. The Balaban J connectivity index is 0. The summed E-state index contributed by atoms with van der Waals surface area (Å²) in [5.41, 5.74) is 0. The molecule has 0 fully saturated rings. The molecule has 1 aromatic carbocycles. The van der Waals surface area contributed by atoms with Crippen molar-refractivity contribution in [3.63, 3.8) is 0 Å². The minimum absolute atomic E-state index is 0. The van der Waals surface area contributed by atoms with Gasteiger partial charge in [0.15, 0.2) is 0 Å². The van der Waals surface area contributed by atoms with Crippen molar-refractivity contribution >= 4 is 12.6 Å². The molecule has 10 heavy (non-hydrogen) atoms. The molecule has 0 bridgehead atoms. The van der Waals surface area contributed by atoms with Crippen LogP contribution in [0.25, 0.3) is 0 Å². The fraction of sp³-hybridized carbons (Fsp3) is 0.143. The predicted molar refractivity (Wildman–Crippen MR) is 41.4 cm³/mol. The molecule has 0 N–H and O–H groups in total. The van der Waals surface area contributed by atoms with E-state index in [-0.39, 0.29) is 31.0 Å². The summed E-state index contributed by atoms with van der Waals surface area (Å²) in [6, 6.07) is 7.60. The van der Waals surface area contributed by atoms with Crippen molar-refractivity contribution in [2.24, 2.45) is 0 Å². The van der Waals surface area contributed by atoms with E-state index in [9.17, 15) is 0 Å². The third kappa shape index (κ3) is 2.54. The Morgan fingerprint density at radius 3 is 2.40 bits per heavy atom. The Kier molecular flexibility index (Phi) is 5.27. The van der Waals surface area contributed by atoms with Crippen LogP contribution in [0.4, 0.5) is 0 Å². The van der Waals surface area contributed by atoms with Crippen molar-refractivity contribution in [1.29, 1.82) is 0 Å². The summed E-state index contributed by atoms with van der Waals surface area (Å²) in [6.45, 7) is 0. The van der Waals surface area contributed by atoms with Crippen LogP contribution in [0.1, 0.15) is 1.43 Å². The van der Waals surface area contributed by atoms with Gasteiger partial charge in [-0.2, -0.15) is 0 Å². The molecule has 0 amide bonds. The van der Waals surface area contributed by atoms with Crippen molar-refractivity contribution in [3.05, 3.63) is 24.3 Å². The SMILES string of the molecule is COc1ccccc1S.[H-].[Na+]. The second kappa shape index (κ2) is 5.08. The van der Waals surface area contributed by atoms with Crippen LogP contribution in [0.15, 0.2) is 29.2 Å². The van der Waals surface area contributed by atoms with Crippen LogP contribution in [0.2, 0.25) is 0 Å². The molecule has 0 radical (unpaired) electrons. The van der Waals surface area contributed by atoms with Gasteiger partial charge in [-0.1, -0.05) is 12.1 Å². The fourth-order valence-electron chi connectivity index (χ4n) is 0.630. The van der Waals surface area contributed by atoms with Crippen LogP contribution in [0.3, 0.4) is 0 Å². The maximum absolute atomic E-state index is 4.97. The molecule has 0 unspecified atom stereocenters. The minimum Gasteiger partial charge on any atom is -1.00 e. The summed E-state index contributed by atoms with van der Waals surface area (Å²) < 4.78 is 4.97. The molecule has 0 heterocycles. The largest absolute Gasteiger partial charge is 1.00 e. The van der Waals surface area contributed by atoms with Gasteiger partial charge in [0, 0.05) is 4.90 Å². The van der Waals surface area contributed by atoms with Crippen molar-refractivity contribution < 1.29 is 35.7 Å². The number of para-hydroxylation sites is 1. The second-order valence-electron chi connectivity index (χ2n) is 1.67. The standard InChI is InChI=1S/C7H8OS.Na.H/c1-8-6-4-2-3-5-7(6)9;;/h2-5,9H,1H3;;/q;+1;-1. The Morgan fingerprint density at radius 2 is 2.00 bits per heavy atom. The van der Waals surface area contributed by atoms with Crippen LogP contribution in [-0.4, -0.2) is 7.11 Å². The molecule has 50 valence electrons.